The van der Waals surface area contributed by atoms with Gasteiger partial charge in [-0.05, 0) is 36.0 Å². The van der Waals surface area contributed by atoms with Crippen LogP contribution in [0.5, 0.6) is 0 Å². The molecule has 0 saturated carbocycles. The maximum absolute atomic E-state index is 12.6. The van der Waals surface area contributed by atoms with E-state index in [0.717, 1.165) is 5.56 Å². The number of nitrogens with two attached hydrogens (primary N) is 1. The van der Waals surface area contributed by atoms with Gasteiger partial charge in [-0.15, -0.1) is 0 Å². The molecule has 0 radical (unpaired) electrons. The maximum atomic E-state index is 12.6. The molecule has 1 aliphatic rings. The zero-order valence-electron chi connectivity index (χ0n) is 13.6. The molecular formula is C17H25ClN2O3. The van der Waals surface area contributed by atoms with E-state index in [0.29, 0.717) is 24.4 Å². The molecule has 23 heavy (non-hydrogen) atoms. The Labute approximate surface area is 142 Å². The molecule has 6 heteroatoms. The van der Waals surface area contributed by atoms with Gasteiger partial charge in [-0.25, -0.2) is 0 Å². The summed E-state index contributed by atoms with van der Waals surface area (Å²) in [6, 6.07) is 6.83. The lowest BCUT2D eigenvalue weighted by Gasteiger charge is -2.38. The highest BCUT2D eigenvalue weighted by Gasteiger charge is 2.37. The summed E-state index contributed by atoms with van der Waals surface area (Å²) in [5.41, 5.74) is 6.85. The molecule has 1 saturated heterocycles. The van der Waals surface area contributed by atoms with Crippen molar-refractivity contribution in [3.05, 3.63) is 34.9 Å². The normalized spacial score (nSPS) is 23.7. The SMILES string of the molecule is CC(C)(Cc1ccc(Cl)cc1)[C@H](N)C(=O)N1CC[C@H](O)[C@@H](O)C1. The summed E-state index contributed by atoms with van der Waals surface area (Å²) in [7, 11) is 0. The standard InChI is InChI=1S/C17H25ClN2O3/c1-17(2,9-11-3-5-12(18)6-4-11)15(19)16(23)20-8-7-13(21)14(22)10-20/h3-6,13-15,21-22H,7-10,19H2,1-2H3/t13-,14-,15+/m0/s1. The first-order valence-corrected chi connectivity index (χ1v) is 8.23. The van der Waals surface area contributed by atoms with Crippen LogP contribution in [0.2, 0.25) is 5.02 Å². The van der Waals surface area contributed by atoms with Gasteiger partial charge in [-0.3, -0.25) is 4.79 Å². The number of likely N-dealkylation sites (tertiary alicyclic amines) is 1. The van der Waals surface area contributed by atoms with Gasteiger partial charge in [0.15, 0.2) is 0 Å². The van der Waals surface area contributed by atoms with Gasteiger partial charge in [-0.2, -0.15) is 0 Å². The van der Waals surface area contributed by atoms with Gasteiger partial charge in [0.25, 0.3) is 0 Å². The molecule has 0 aliphatic carbocycles. The van der Waals surface area contributed by atoms with E-state index in [9.17, 15) is 15.0 Å². The molecule has 128 valence electrons. The highest BCUT2D eigenvalue weighted by Crippen LogP contribution is 2.27. The second kappa shape index (κ2) is 7.18. The van der Waals surface area contributed by atoms with Crippen LogP contribution >= 0.6 is 11.6 Å². The van der Waals surface area contributed by atoms with Gasteiger partial charge in [0.2, 0.25) is 5.91 Å². The third kappa shape index (κ3) is 4.44. The molecule has 3 atom stereocenters. The Morgan fingerprint density at radius 2 is 1.96 bits per heavy atom. The average Bonchev–Trinajstić information content (AvgIpc) is 2.50. The summed E-state index contributed by atoms with van der Waals surface area (Å²) in [6.07, 6.45) is -0.649. The Hall–Kier alpha value is -1.14. The van der Waals surface area contributed by atoms with Crippen LogP contribution < -0.4 is 5.73 Å². The van der Waals surface area contributed by atoms with Gasteiger partial charge < -0.3 is 20.8 Å². The number of carbonyl (C=O) groups is 1. The summed E-state index contributed by atoms with van der Waals surface area (Å²) in [4.78, 5) is 14.2. The second-order valence-electron chi connectivity index (χ2n) is 6.98. The lowest BCUT2D eigenvalue weighted by atomic mass is 9.78. The number of amides is 1. The third-order valence-corrected chi connectivity index (χ3v) is 4.79. The number of nitrogens with zero attached hydrogens (tertiary/aromatic N) is 1. The number of β-amino-alcohol motifs (C(OH)–C–C–N with tert-alkyl or cyclic N) is 1. The van der Waals surface area contributed by atoms with Gasteiger partial charge in [0.1, 0.15) is 0 Å². The predicted octanol–water partition coefficient (Wildman–Crippen LogP) is 1.19. The number of aliphatic hydroxyl groups excluding tert-OH is 2. The fourth-order valence-electron chi connectivity index (χ4n) is 2.89. The molecule has 1 heterocycles. The zero-order valence-corrected chi connectivity index (χ0v) is 14.3. The molecule has 4 N–H and O–H groups in total. The number of aliphatic hydroxyl groups is 2. The summed E-state index contributed by atoms with van der Waals surface area (Å²) in [5, 5.41) is 20.0. The number of benzene rings is 1. The molecule has 1 aromatic carbocycles. The summed E-state index contributed by atoms with van der Waals surface area (Å²) >= 11 is 5.89. The van der Waals surface area contributed by atoms with Crippen molar-refractivity contribution in [3.8, 4) is 0 Å². The molecule has 0 spiro atoms. The molecule has 1 aromatic rings. The van der Waals surface area contributed by atoms with Gasteiger partial charge in [0, 0.05) is 18.1 Å². The number of rotatable bonds is 4. The molecule has 2 rings (SSSR count). The lowest BCUT2D eigenvalue weighted by molar-refractivity contribution is -0.141. The Morgan fingerprint density at radius 1 is 1.35 bits per heavy atom. The first-order valence-electron chi connectivity index (χ1n) is 7.85. The number of carbonyl (C=O) groups excluding carboxylic acids is 1. The van der Waals surface area contributed by atoms with E-state index in [1.165, 1.54) is 0 Å². The second-order valence-corrected chi connectivity index (χ2v) is 7.41. The molecule has 0 unspecified atom stereocenters. The average molecular weight is 341 g/mol. The monoisotopic (exact) mass is 340 g/mol. The van der Waals surface area contributed by atoms with Crippen molar-refractivity contribution >= 4 is 17.5 Å². The topological polar surface area (TPSA) is 86.8 Å². The third-order valence-electron chi connectivity index (χ3n) is 4.54. The smallest absolute Gasteiger partial charge is 0.240 e. The molecule has 5 nitrogen and oxygen atoms in total. The summed E-state index contributed by atoms with van der Waals surface area (Å²) in [6.45, 7) is 4.46. The number of halogens is 1. The molecule has 1 fully saturated rings. The fourth-order valence-corrected chi connectivity index (χ4v) is 3.01. The van der Waals surface area contributed by atoms with E-state index in [-0.39, 0.29) is 12.5 Å². The largest absolute Gasteiger partial charge is 0.390 e. The van der Waals surface area contributed by atoms with E-state index in [1.807, 2.05) is 38.1 Å². The van der Waals surface area contributed by atoms with Crippen LogP contribution in [0.1, 0.15) is 25.8 Å². The number of hydrogen-bond acceptors (Lipinski definition) is 4. The van der Waals surface area contributed by atoms with Crippen LogP contribution in [0.15, 0.2) is 24.3 Å². The summed E-state index contributed by atoms with van der Waals surface area (Å²) in [5.74, 6) is -0.185. The van der Waals surface area contributed by atoms with Crippen molar-refractivity contribution in [1.82, 2.24) is 4.90 Å². The lowest BCUT2D eigenvalue weighted by Crippen LogP contribution is -2.57. The van der Waals surface area contributed by atoms with Crippen molar-refractivity contribution in [3.63, 3.8) is 0 Å². The van der Waals surface area contributed by atoms with Crippen LogP contribution in [-0.2, 0) is 11.2 Å². The predicted molar refractivity (Wildman–Crippen MR) is 90.1 cm³/mol. The van der Waals surface area contributed by atoms with Crippen LogP contribution in [-0.4, -0.2) is 52.4 Å². The molecule has 1 aliphatic heterocycles. The van der Waals surface area contributed by atoms with Crippen LogP contribution in [0, 0.1) is 5.41 Å². The van der Waals surface area contributed by atoms with E-state index >= 15 is 0 Å². The summed E-state index contributed by atoms with van der Waals surface area (Å²) < 4.78 is 0. The Kier molecular flexibility index (Phi) is 5.68. The van der Waals surface area contributed by atoms with Crippen molar-refractivity contribution < 1.29 is 15.0 Å². The van der Waals surface area contributed by atoms with Gasteiger partial charge in [-0.1, -0.05) is 37.6 Å². The van der Waals surface area contributed by atoms with Crippen molar-refractivity contribution in [2.45, 2.75) is 44.9 Å². The van der Waals surface area contributed by atoms with Crippen molar-refractivity contribution in [2.75, 3.05) is 13.1 Å². The van der Waals surface area contributed by atoms with E-state index < -0.39 is 23.7 Å². The quantitative estimate of drug-likeness (QED) is 0.768. The zero-order chi connectivity index (χ0) is 17.2. The highest BCUT2D eigenvalue weighted by atomic mass is 35.5. The molecule has 0 aromatic heterocycles. The maximum Gasteiger partial charge on any atom is 0.240 e. The Balaban J connectivity index is 2.03. The molecule has 0 bridgehead atoms. The van der Waals surface area contributed by atoms with E-state index in [2.05, 4.69) is 0 Å². The van der Waals surface area contributed by atoms with Gasteiger partial charge >= 0.3 is 0 Å². The minimum Gasteiger partial charge on any atom is -0.390 e. The van der Waals surface area contributed by atoms with Crippen LogP contribution in [0.4, 0.5) is 0 Å². The van der Waals surface area contributed by atoms with Gasteiger partial charge in [0.05, 0.1) is 18.2 Å². The Bertz CT molecular complexity index is 547. The molecular weight excluding hydrogens is 316 g/mol. The van der Waals surface area contributed by atoms with Crippen LogP contribution in [0.25, 0.3) is 0 Å². The van der Waals surface area contributed by atoms with Crippen molar-refractivity contribution in [1.29, 1.82) is 0 Å². The minimum absolute atomic E-state index is 0.130. The number of piperidine rings is 1. The first-order chi connectivity index (χ1) is 10.7. The number of hydrogen-bond donors (Lipinski definition) is 3. The van der Waals surface area contributed by atoms with Crippen molar-refractivity contribution in [2.24, 2.45) is 11.1 Å². The minimum atomic E-state index is -0.903. The first kappa shape index (κ1) is 18.2. The van der Waals surface area contributed by atoms with E-state index in [4.69, 9.17) is 17.3 Å². The van der Waals surface area contributed by atoms with E-state index in [1.54, 1.807) is 4.90 Å². The Morgan fingerprint density at radius 3 is 2.52 bits per heavy atom. The fraction of sp³-hybridized carbons (Fsp3) is 0.588. The highest BCUT2D eigenvalue weighted by molar-refractivity contribution is 6.30. The molecule has 1 amide bonds. The van der Waals surface area contributed by atoms with Crippen LogP contribution in [0.3, 0.4) is 0 Å².